The van der Waals surface area contributed by atoms with E-state index >= 15 is 0 Å². The van der Waals surface area contributed by atoms with Gasteiger partial charge in [-0.15, -0.1) is 0 Å². The van der Waals surface area contributed by atoms with Crippen molar-refractivity contribution >= 4 is 0 Å². The van der Waals surface area contributed by atoms with Crippen LogP contribution in [0.1, 0.15) is 52.8 Å². The molecule has 0 aromatic carbocycles. The highest BCUT2D eigenvalue weighted by atomic mass is 16.3. The summed E-state index contributed by atoms with van der Waals surface area (Å²) in [6.07, 6.45) is 3.26. The van der Waals surface area contributed by atoms with Gasteiger partial charge in [0.15, 0.2) is 0 Å². The third-order valence-corrected chi connectivity index (χ3v) is 3.41. The zero-order valence-corrected chi connectivity index (χ0v) is 11.1. The highest BCUT2D eigenvalue weighted by molar-refractivity contribution is 5.02. The summed E-state index contributed by atoms with van der Waals surface area (Å²) in [5, 5.41) is 14.6. The molecule has 0 saturated carbocycles. The summed E-state index contributed by atoms with van der Waals surface area (Å²) >= 11 is 0. The Balaban J connectivity index is 2.66. The Morgan fingerprint density at radius 3 is 2.50 bits per heavy atom. The lowest BCUT2D eigenvalue weighted by Gasteiger charge is -2.28. The summed E-state index contributed by atoms with van der Waals surface area (Å²) in [6, 6.07) is 2.37. The minimum Gasteiger partial charge on any atom is -0.392 e. The minimum absolute atomic E-state index is 0.0401. The van der Waals surface area contributed by atoms with Crippen molar-refractivity contribution in [3.63, 3.8) is 0 Å². The lowest BCUT2D eigenvalue weighted by Crippen LogP contribution is -2.30. The molecule has 0 aliphatic heterocycles. The van der Waals surface area contributed by atoms with Gasteiger partial charge in [-0.05, 0) is 31.7 Å². The van der Waals surface area contributed by atoms with Crippen LogP contribution in [-0.4, -0.2) is 21.0 Å². The Labute approximate surface area is 98.5 Å². The van der Waals surface area contributed by atoms with Crippen molar-refractivity contribution in [3.8, 4) is 0 Å². The first-order chi connectivity index (χ1) is 7.36. The fourth-order valence-electron chi connectivity index (χ4n) is 1.48. The molecule has 16 heavy (non-hydrogen) atoms. The van der Waals surface area contributed by atoms with Gasteiger partial charge in [0.05, 0.1) is 11.8 Å². The highest BCUT2D eigenvalue weighted by Gasteiger charge is 2.26. The largest absolute Gasteiger partial charge is 0.392 e. The molecule has 0 spiro atoms. The molecule has 0 aliphatic rings. The fraction of sp³-hybridized carbons (Fsp3) is 0.769. The van der Waals surface area contributed by atoms with Gasteiger partial charge >= 0.3 is 0 Å². The van der Waals surface area contributed by atoms with Gasteiger partial charge in [-0.2, -0.15) is 5.10 Å². The number of aliphatic hydroxyl groups is 1. The van der Waals surface area contributed by atoms with Crippen LogP contribution in [0, 0.1) is 5.41 Å². The summed E-state index contributed by atoms with van der Waals surface area (Å²) in [5.74, 6) is 0. The monoisotopic (exact) mass is 224 g/mol. The molecule has 1 atom stereocenters. The second kappa shape index (κ2) is 5.00. The molecule has 0 bridgehead atoms. The SMILES string of the molecule is CCC(C)(C)C(O)Cc1ccn(C(C)C)n1. The standard InChI is InChI=1S/C13H24N2O/c1-6-13(4,5)12(16)9-11-7-8-15(14-11)10(2)3/h7-8,10,12,16H,6,9H2,1-5H3. The van der Waals surface area contributed by atoms with Gasteiger partial charge in [-0.25, -0.2) is 0 Å². The molecule has 3 heteroatoms. The molecule has 0 radical (unpaired) electrons. The zero-order valence-electron chi connectivity index (χ0n) is 11.1. The summed E-state index contributed by atoms with van der Waals surface area (Å²) in [4.78, 5) is 0. The van der Waals surface area contributed by atoms with Crippen LogP contribution in [0.3, 0.4) is 0 Å². The highest BCUT2D eigenvalue weighted by Crippen LogP contribution is 2.26. The topological polar surface area (TPSA) is 38.0 Å². The van der Waals surface area contributed by atoms with E-state index in [0.29, 0.717) is 12.5 Å². The van der Waals surface area contributed by atoms with Crippen LogP contribution in [0.2, 0.25) is 0 Å². The normalized spacial score (nSPS) is 14.4. The van der Waals surface area contributed by atoms with E-state index in [1.54, 1.807) is 0 Å². The van der Waals surface area contributed by atoms with Crippen LogP contribution in [0.4, 0.5) is 0 Å². The molecular weight excluding hydrogens is 200 g/mol. The maximum atomic E-state index is 10.1. The van der Waals surface area contributed by atoms with Crippen molar-refractivity contribution < 1.29 is 5.11 Å². The number of aromatic nitrogens is 2. The molecular formula is C13H24N2O. The van der Waals surface area contributed by atoms with Crippen molar-refractivity contribution in [1.82, 2.24) is 9.78 Å². The van der Waals surface area contributed by atoms with Gasteiger partial charge in [-0.3, -0.25) is 4.68 Å². The van der Waals surface area contributed by atoms with Crippen molar-refractivity contribution in [2.75, 3.05) is 0 Å². The van der Waals surface area contributed by atoms with E-state index in [9.17, 15) is 5.11 Å². The van der Waals surface area contributed by atoms with E-state index in [-0.39, 0.29) is 11.5 Å². The Kier molecular flexibility index (Phi) is 4.14. The molecule has 92 valence electrons. The van der Waals surface area contributed by atoms with Gasteiger partial charge in [0.2, 0.25) is 0 Å². The predicted molar refractivity (Wildman–Crippen MR) is 66.4 cm³/mol. The van der Waals surface area contributed by atoms with Crippen LogP contribution >= 0.6 is 0 Å². The van der Waals surface area contributed by atoms with Crippen molar-refractivity contribution in [2.24, 2.45) is 5.41 Å². The predicted octanol–water partition coefficient (Wildman–Crippen LogP) is 2.80. The van der Waals surface area contributed by atoms with Crippen molar-refractivity contribution in [3.05, 3.63) is 18.0 Å². The molecule has 1 unspecified atom stereocenters. The van der Waals surface area contributed by atoms with Gasteiger partial charge < -0.3 is 5.11 Å². The minimum atomic E-state index is -0.326. The van der Waals surface area contributed by atoms with E-state index in [2.05, 4.69) is 39.7 Å². The van der Waals surface area contributed by atoms with Gasteiger partial charge in [-0.1, -0.05) is 20.8 Å². The first kappa shape index (κ1) is 13.2. The second-order valence-electron chi connectivity index (χ2n) is 5.44. The number of nitrogens with zero attached hydrogens (tertiary/aromatic N) is 2. The van der Waals surface area contributed by atoms with Crippen molar-refractivity contribution in [1.29, 1.82) is 0 Å². The lowest BCUT2D eigenvalue weighted by molar-refractivity contribution is 0.0470. The molecule has 1 heterocycles. The van der Waals surface area contributed by atoms with E-state index in [0.717, 1.165) is 12.1 Å². The number of hydrogen-bond acceptors (Lipinski definition) is 2. The number of rotatable bonds is 5. The first-order valence-electron chi connectivity index (χ1n) is 6.09. The number of hydrogen-bond donors (Lipinski definition) is 1. The van der Waals surface area contributed by atoms with E-state index in [1.165, 1.54) is 0 Å². The Bertz CT molecular complexity index is 328. The van der Waals surface area contributed by atoms with Crippen LogP contribution in [0.25, 0.3) is 0 Å². The molecule has 1 aromatic rings. The maximum absolute atomic E-state index is 10.1. The third kappa shape index (κ3) is 3.08. The van der Waals surface area contributed by atoms with Gasteiger partial charge in [0.1, 0.15) is 0 Å². The van der Waals surface area contributed by atoms with Crippen LogP contribution < -0.4 is 0 Å². The van der Waals surface area contributed by atoms with E-state index in [4.69, 9.17) is 0 Å². The number of aliphatic hydroxyl groups excluding tert-OH is 1. The van der Waals surface area contributed by atoms with Crippen LogP contribution in [0.15, 0.2) is 12.3 Å². The molecule has 0 aliphatic carbocycles. The Morgan fingerprint density at radius 2 is 2.06 bits per heavy atom. The molecule has 0 amide bonds. The quantitative estimate of drug-likeness (QED) is 0.835. The Hall–Kier alpha value is -0.830. The molecule has 0 saturated heterocycles. The van der Waals surface area contributed by atoms with E-state index < -0.39 is 0 Å². The van der Waals surface area contributed by atoms with E-state index in [1.807, 2.05) is 16.9 Å². The maximum Gasteiger partial charge on any atom is 0.0650 e. The average molecular weight is 224 g/mol. The summed E-state index contributed by atoms with van der Waals surface area (Å²) in [7, 11) is 0. The molecule has 1 rings (SSSR count). The summed E-state index contributed by atoms with van der Waals surface area (Å²) in [6.45, 7) is 10.5. The van der Waals surface area contributed by atoms with Gasteiger partial charge in [0.25, 0.3) is 0 Å². The van der Waals surface area contributed by atoms with Crippen molar-refractivity contribution in [2.45, 2.75) is 59.6 Å². The zero-order chi connectivity index (χ0) is 12.3. The Morgan fingerprint density at radius 1 is 1.44 bits per heavy atom. The third-order valence-electron chi connectivity index (χ3n) is 3.41. The smallest absolute Gasteiger partial charge is 0.0650 e. The second-order valence-corrected chi connectivity index (χ2v) is 5.44. The van der Waals surface area contributed by atoms with Gasteiger partial charge in [0, 0.05) is 18.7 Å². The summed E-state index contributed by atoms with van der Waals surface area (Å²) < 4.78 is 1.93. The summed E-state index contributed by atoms with van der Waals surface area (Å²) in [5.41, 5.74) is 0.935. The molecule has 1 aromatic heterocycles. The fourth-order valence-corrected chi connectivity index (χ4v) is 1.48. The van der Waals surface area contributed by atoms with Crippen LogP contribution in [-0.2, 0) is 6.42 Å². The first-order valence-corrected chi connectivity index (χ1v) is 6.09. The molecule has 3 nitrogen and oxygen atoms in total. The average Bonchev–Trinajstić information content (AvgIpc) is 2.66. The molecule has 1 N–H and O–H groups in total. The lowest BCUT2D eigenvalue weighted by atomic mass is 9.82. The molecule has 0 fully saturated rings. The van der Waals surface area contributed by atoms with Crippen LogP contribution in [0.5, 0.6) is 0 Å².